The monoisotopic (exact) mass is 372 g/mol. The second-order valence-corrected chi connectivity index (χ2v) is 8.08. The average Bonchev–Trinajstić information content (AvgIpc) is 2.82. The van der Waals surface area contributed by atoms with Crippen molar-refractivity contribution in [2.24, 2.45) is 0 Å². The number of carbonyl (C=O) groups is 2. The molecule has 1 aliphatic rings. The molecule has 1 heterocycles. The van der Waals surface area contributed by atoms with Crippen LogP contribution in [0.1, 0.15) is 34.3 Å². The minimum Gasteiger partial charge on any atom is -0.352 e. The molecule has 1 N–H and O–H groups in total. The molecule has 0 aromatic heterocycles. The second kappa shape index (κ2) is 7.29. The molecule has 136 valence electrons. The van der Waals surface area contributed by atoms with Gasteiger partial charge < -0.3 is 5.32 Å². The third-order valence-electron chi connectivity index (χ3n) is 4.29. The van der Waals surface area contributed by atoms with Gasteiger partial charge in [-0.3, -0.25) is 9.59 Å². The van der Waals surface area contributed by atoms with Gasteiger partial charge in [0.05, 0.1) is 5.56 Å². The minimum atomic E-state index is -3.80. The van der Waals surface area contributed by atoms with Gasteiger partial charge in [0.25, 0.3) is 15.9 Å². The molecule has 26 heavy (non-hydrogen) atoms. The highest BCUT2D eigenvalue weighted by atomic mass is 32.2. The van der Waals surface area contributed by atoms with E-state index in [4.69, 9.17) is 0 Å². The van der Waals surface area contributed by atoms with Crippen LogP contribution in [0, 0.1) is 6.92 Å². The Hall–Kier alpha value is -2.67. The van der Waals surface area contributed by atoms with Gasteiger partial charge in [0, 0.05) is 19.5 Å². The Labute approximate surface area is 152 Å². The summed E-state index contributed by atoms with van der Waals surface area (Å²) in [7, 11) is -3.80. The fourth-order valence-electron chi connectivity index (χ4n) is 2.83. The number of amides is 2. The lowest BCUT2D eigenvalue weighted by Crippen LogP contribution is -2.32. The molecule has 0 fully saturated rings. The number of benzene rings is 2. The molecule has 0 unspecified atom stereocenters. The van der Waals surface area contributed by atoms with Crippen molar-refractivity contribution in [2.75, 3.05) is 6.54 Å². The zero-order valence-electron chi connectivity index (χ0n) is 14.4. The third-order valence-corrected chi connectivity index (χ3v) is 6.13. The van der Waals surface area contributed by atoms with E-state index in [0.717, 1.165) is 15.4 Å². The molecule has 0 radical (unpaired) electrons. The quantitative estimate of drug-likeness (QED) is 0.843. The first-order valence-electron chi connectivity index (χ1n) is 8.38. The lowest BCUT2D eigenvalue weighted by Gasteiger charge is -2.14. The van der Waals surface area contributed by atoms with E-state index in [1.54, 1.807) is 12.1 Å². The molecular weight excluding hydrogens is 352 g/mol. The summed E-state index contributed by atoms with van der Waals surface area (Å²) in [5.41, 5.74) is 2.34. The van der Waals surface area contributed by atoms with Crippen LogP contribution in [0.4, 0.5) is 0 Å². The van der Waals surface area contributed by atoms with E-state index >= 15 is 0 Å². The van der Waals surface area contributed by atoms with Gasteiger partial charge in [0.15, 0.2) is 0 Å². The van der Waals surface area contributed by atoms with Crippen LogP contribution >= 0.6 is 0 Å². The standard InChI is InChI=1S/C19H20N2O4S/c1-14-8-10-15(11-9-14)13-20-18(22)7-4-12-21-19(23)16-5-2-3-6-17(16)26(21,24)25/h2-3,5-6,8-11H,4,7,12-13H2,1H3,(H,20,22). The van der Waals surface area contributed by atoms with Gasteiger partial charge in [-0.15, -0.1) is 0 Å². The minimum absolute atomic E-state index is 0.00615. The molecule has 0 saturated carbocycles. The smallest absolute Gasteiger partial charge is 0.269 e. The molecule has 0 bridgehead atoms. The number of nitrogens with zero attached hydrogens (tertiary/aromatic N) is 1. The highest BCUT2D eigenvalue weighted by molar-refractivity contribution is 7.90. The Morgan fingerprint density at radius 2 is 1.77 bits per heavy atom. The largest absolute Gasteiger partial charge is 0.352 e. The summed E-state index contributed by atoms with van der Waals surface area (Å²) in [4.78, 5) is 24.3. The Balaban J connectivity index is 1.51. The number of rotatable bonds is 6. The van der Waals surface area contributed by atoms with Crippen LogP contribution in [0.5, 0.6) is 0 Å². The number of sulfonamides is 1. The Bertz CT molecular complexity index is 936. The zero-order chi connectivity index (χ0) is 18.7. The number of carbonyl (C=O) groups excluding carboxylic acids is 2. The molecule has 2 amide bonds. The molecule has 7 heteroatoms. The van der Waals surface area contributed by atoms with Crippen LogP contribution in [-0.2, 0) is 21.4 Å². The predicted molar refractivity (Wildman–Crippen MR) is 96.9 cm³/mol. The van der Waals surface area contributed by atoms with Gasteiger partial charge in [-0.2, -0.15) is 0 Å². The van der Waals surface area contributed by atoms with E-state index in [1.165, 1.54) is 12.1 Å². The fraction of sp³-hybridized carbons (Fsp3) is 0.263. The molecular formula is C19H20N2O4S. The number of fused-ring (bicyclic) bond motifs is 1. The summed E-state index contributed by atoms with van der Waals surface area (Å²) >= 11 is 0. The highest BCUT2D eigenvalue weighted by Gasteiger charge is 2.40. The van der Waals surface area contributed by atoms with Gasteiger partial charge in [-0.05, 0) is 31.0 Å². The van der Waals surface area contributed by atoms with Crippen LogP contribution in [0.15, 0.2) is 53.4 Å². The Morgan fingerprint density at radius 3 is 2.46 bits per heavy atom. The predicted octanol–water partition coefficient (Wildman–Crippen LogP) is 2.24. The molecule has 1 aliphatic heterocycles. The number of aryl methyl sites for hydroxylation is 1. The van der Waals surface area contributed by atoms with Gasteiger partial charge >= 0.3 is 0 Å². The van der Waals surface area contributed by atoms with E-state index in [0.29, 0.717) is 6.54 Å². The molecule has 6 nitrogen and oxygen atoms in total. The van der Waals surface area contributed by atoms with Crippen LogP contribution < -0.4 is 5.32 Å². The number of hydrogen-bond donors (Lipinski definition) is 1. The van der Waals surface area contributed by atoms with Crippen molar-refractivity contribution in [1.82, 2.24) is 9.62 Å². The summed E-state index contributed by atoms with van der Waals surface area (Å²) in [6.07, 6.45) is 0.431. The van der Waals surface area contributed by atoms with Gasteiger partial charge in [-0.25, -0.2) is 12.7 Å². The molecule has 0 saturated heterocycles. The number of nitrogens with one attached hydrogen (secondary N) is 1. The van der Waals surface area contributed by atoms with Crippen LogP contribution in [-0.4, -0.2) is 31.1 Å². The van der Waals surface area contributed by atoms with E-state index in [1.807, 2.05) is 31.2 Å². The molecule has 0 aliphatic carbocycles. The number of hydrogen-bond acceptors (Lipinski definition) is 4. The van der Waals surface area contributed by atoms with E-state index in [-0.39, 0.29) is 35.8 Å². The normalized spacial score (nSPS) is 15.0. The van der Waals surface area contributed by atoms with Gasteiger partial charge in [0.2, 0.25) is 5.91 Å². The SMILES string of the molecule is Cc1ccc(CNC(=O)CCCN2C(=O)c3ccccc3S2(=O)=O)cc1. The van der Waals surface area contributed by atoms with Crippen molar-refractivity contribution in [3.63, 3.8) is 0 Å². The summed E-state index contributed by atoms with van der Waals surface area (Å²) in [6, 6.07) is 14.0. The van der Waals surface area contributed by atoms with E-state index in [9.17, 15) is 18.0 Å². The fourth-order valence-corrected chi connectivity index (χ4v) is 4.44. The maximum Gasteiger partial charge on any atom is 0.269 e. The van der Waals surface area contributed by atoms with Crippen molar-refractivity contribution in [3.8, 4) is 0 Å². The Morgan fingerprint density at radius 1 is 1.08 bits per heavy atom. The topological polar surface area (TPSA) is 83.6 Å². The van der Waals surface area contributed by atoms with Crippen molar-refractivity contribution in [2.45, 2.75) is 31.2 Å². The second-order valence-electron chi connectivity index (χ2n) is 6.24. The highest BCUT2D eigenvalue weighted by Crippen LogP contribution is 2.29. The molecule has 0 spiro atoms. The average molecular weight is 372 g/mol. The molecule has 3 rings (SSSR count). The lowest BCUT2D eigenvalue weighted by atomic mass is 10.1. The maximum absolute atomic E-state index is 12.4. The van der Waals surface area contributed by atoms with Crippen LogP contribution in [0.25, 0.3) is 0 Å². The van der Waals surface area contributed by atoms with Gasteiger partial charge in [0.1, 0.15) is 4.90 Å². The Kier molecular flexibility index (Phi) is 5.08. The first-order chi connectivity index (χ1) is 12.4. The summed E-state index contributed by atoms with van der Waals surface area (Å²) in [5, 5.41) is 2.80. The van der Waals surface area contributed by atoms with E-state index < -0.39 is 15.9 Å². The molecule has 2 aromatic rings. The first-order valence-corrected chi connectivity index (χ1v) is 9.82. The van der Waals surface area contributed by atoms with Gasteiger partial charge in [-0.1, -0.05) is 42.0 Å². The van der Waals surface area contributed by atoms with Crippen molar-refractivity contribution in [1.29, 1.82) is 0 Å². The van der Waals surface area contributed by atoms with E-state index in [2.05, 4.69) is 5.32 Å². The summed E-state index contributed by atoms with van der Waals surface area (Å²) in [6.45, 7) is 2.41. The summed E-state index contributed by atoms with van der Waals surface area (Å²) < 4.78 is 25.7. The zero-order valence-corrected chi connectivity index (χ0v) is 15.3. The molecule has 0 atom stereocenters. The van der Waals surface area contributed by atoms with Crippen molar-refractivity contribution >= 4 is 21.8 Å². The maximum atomic E-state index is 12.4. The molecule has 2 aromatic carbocycles. The lowest BCUT2D eigenvalue weighted by molar-refractivity contribution is -0.121. The van der Waals surface area contributed by atoms with Crippen LogP contribution in [0.2, 0.25) is 0 Å². The van der Waals surface area contributed by atoms with Crippen molar-refractivity contribution in [3.05, 3.63) is 65.2 Å². The van der Waals surface area contributed by atoms with Crippen LogP contribution in [0.3, 0.4) is 0 Å². The third kappa shape index (κ3) is 3.62. The first kappa shape index (κ1) is 18.1. The summed E-state index contributed by atoms with van der Waals surface area (Å²) in [5.74, 6) is -0.701. The van der Waals surface area contributed by atoms with Crippen molar-refractivity contribution < 1.29 is 18.0 Å².